The van der Waals surface area contributed by atoms with Crippen LogP contribution >= 0.6 is 23.2 Å². The van der Waals surface area contributed by atoms with Crippen LogP contribution < -0.4 is 10.1 Å². The van der Waals surface area contributed by atoms with Gasteiger partial charge in [0.2, 0.25) is 0 Å². The number of hydrogen-bond acceptors (Lipinski definition) is 2. The van der Waals surface area contributed by atoms with E-state index in [4.69, 9.17) is 27.9 Å². The zero-order valence-electron chi connectivity index (χ0n) is 11.1. The second-order valence-corrected chi connectivity index (χ2v) is 5.12. The molecule has 106 valence electrons. The lowest BCUT2D eigenvalue weighted by Crippen LogP contribution is -2.19. The monoisotopic (exact) mass is 313 g/mol. The molecular formula is C15H14Cl2FNO. The van der Waals surface area contributed by atoms with Crippen LogP contribution in [-0.4, -0.2) is 14.2 Å². The van der Waals surface area contributed by atoms with Crippen LogP contribution in [0.4, 0.5) is 4.39 Å². The van der Waals surface area contributed by atoms with Gasteiger partial charge >= 0.3 is 0 Å². The normalized spacial score (nSPS) is 12.2. The van der Waals surface area contributed by atoms with Gasteiger partial charge in [0.05, 0.1) is 13.2 Å². The molecule has 1 N–H and O–H groups in total. The zero-order chi connectivity index (χ0) is 14.7. The van der Waals surface area contributed by atoms with Gasteiger partial charge in [-0.2, -0.15) is 0 Å². The standard InChI is InChI=1S/C15H14Cl2FNO/c1-19-15(11-8-10(18)4-5-13(11)17)12-7-9(16)3-6-14(12)20-2/h3-8,15,19H,1-2H3. The maximum Gasteiger partial charge on any atom is 0.124 e. The Morgan fingerprint density at radius 1 is 1.10 bits per heavy atom. The molecule has 0 aliphatic heterocycles. The molecule has 0 amide bonds. The highest BCUT2D eigenvalue weighted by molar-refractivity contribution is 6.31. The van der Waals surface area contributed by atoms with Gasteiger partial charge in [-0.25, -0.2) is 4.39 Å². The Kier molecular flexibility index (Phi) is 4.86. The summed E-state index contributed by atoms with van der Waals surface area (Å²) in [5.41, 5.74) is 1.43. The van der Waals surface area contributed by atoms with Gasteiger partial charge in [-0.1, -0.05) is 23.2 Å². The molecule has 1 unspecified atom stereocenters. The molecule has 0 saturated carbocycles. The van der Waals surface area contributed by atoms with Gasteiger partial charge in [0.1, 0.15) is 11.6 Å². The zero-order valence-corrected chi connectivity index (χ0v) is 12.6. The third-order valence-corrected chi connectivity index (χ3v) is 3.64. The highest BCUT2D eigenvalue weighted by Gasteiger charge is 2.20. The Bertz CT molecular complexity index is 619. The number of nitrogens with one attached hydrogen (secondary N) is 1. The minimum absolute atomic E-state index is 0.313. The van der Waals surface area contributed by atoms with Gasteiger partial charge in [-0.3, -0.25) is 0 Å². The maximum atomic E-state index is 13.5. The average Bonchev–Trinajstić information content (AvgIpc) is 2.44. The van der Waals surface area contributed by atoms with Crippen molar-refractivity contribution in [2.24, 2.45) is 0 Å². The predicted octanol–water partition coefficient (Wildman–Crippen LogP) is 4.45. The fourth-order valence-electron chi connectivity index (χ4n) is 2.15. The van der Waals surface area contributed by atoms with Crippen molar-refractivity contribution < 1.29 is 9.13 Å². The molecule has 2 nitrogen and oxygen atoms in total. The molecule has 2 aromatic rings. The number of ether oxygens (including phenoxy) is 1. The molecule has 0 fully saturated rings. The first-order valence-corrected chi connectivity index (χ1v) is 6.78. The number of methoxy groups -OCH3 is 1. The van der Waals surface area contributed by atoms with E-state index in [9.17, 15) is 4.39 Å². The molecule has 0 radical (unpaired) electrons. The Morgan fingerprint density at radius 2 is 1.85 bits per heavy atom. The molecule has 5 heteroatoms. The van der Waals surface area contributed by atoms with Gasteiger partial charge in [-0.15, -0.1) is 0 Å². The summed E-state index contributed by atoms with van der Waals surface area (Å²) in [6.07, 6.45) is 0. The predicted molar refractivity (Wildman–Crippen MR) is 80.3 cm³/mol. The van der Waals surface area contributed by atoms with Gasteiger partial charge in [0.25, 0.3) is 0 Å². The molecule has 0 aliphatic carbocycles. The minimum atomic E-state index is -0.342. The lowest BCUT2D eigenvalue weighted by molar-refractivity contribution is 0.405. The van der Waals surface area contributed by atoms with Crippen molar-refractivity contribution in [3.8, 4) is 5.75 Å². The summed E-state index contributed by atoms with van der Waals surface area (Å²) in [4.78, 5) is 0. The molecule has 2 aromatic carbocycles. The van der Waals surface area contributed by atoms with Crippen molar-refractivity contribution in [2.45, 2.75) is 6.04 Å². The van der Waals surface area contributed by atoms with E-state index in [0.717, 1.165) is 5.56 Å². The fraction of sp³-hybridized carbons (Fsp3) is 0.200. The van der Waals surface area contributed by atoms with Crippen LogP contribution in [-0.2, 0) is 0 Å². The van der Waals surface area contributed by atoms with Crippen molar-refractivity contribution in [1.82, 2.24) is 5.32 Å². The maximum absolute atomic E-state index is 13.5. The summed E-state index contributed by atoms with van der Waals surface area (Å²) in [5.74, 6) is 0.319. The summed E-state index contributed by atoms with van der Waals surface area (Å²) in [6.45, 7) is 0. The smallest absolute Gasteiger partial charge is 0.124 e. The van der Waals surface area contributed by atoms with E-state index in [0.29, 0.717) is 21.4 Å². The van der Waals surface area contributed by atoms with Crippen molar-refractivity contribution in [3.63, 3.8) is 0 Å². The third-order valence-electron chi connectivity index (χ3n) is 3.06. The summed E-state index contributed by atoms with van der Waals surface area (Å²) in [7, 11) is 3.35. The van der Waals surface area contributed by atoms with Gasteiger partial charge < -0.3 is 10.1 Å². The number of rotatable bonds is 4. The van der Waals surface area contributed by atoms with Crippen LogP contribution in [0.25, 0.3) is 0 Å². The van der Waals surface area contributed by atoms with E-state index in [-0.39, 0.29) is 11.9 Å². The van der Waals surface area contributed by atoms with Crippen molar-refractivity contribution in [1.29, 1.82) is 0 Å². The van der Waals surface area contributed by atoms with Crippen molar-refractivity contribution >= 4 is 23.2 Å². The molecule has 2 rings (SSSR count). The lowest BCUT2D eigenvalue weighted by Gasteiger charge is -2.21. The van der Waals surface area contributed by atoms with Crippen LogP contribution in [0.1, 0.15) is 17.2 Å². The number of benzene rings is 2. The van der Waals surface area contributed by atoms with Crippen LogP contribution in [0.15, 0.2) is 36.4 Å². The van der Waals surface area contributed by atoms with Gasteiger partial charge in [0, 0.05) is 15.6 Å². The SMILES string of the molecule is CNC(c1cc(F)ccc1Cl)c1cc(Cl)ccc1OC. The van der Waals surface area contributed by atoms with Crippen LogP contribution in [0.2, 0.25) is 10.0 Å². The van der Waals surface area contributed by atoms with Crippen LogP contribution in [0.5, 0.6) is 5.75 Å². The molecule has 1 atom stereocenters. The average molecular weight is 314 g/mol. The van der Waals surface area contributed by atoms with E-state index < -0.39 is 0 Å². The van der Waals surface area contributed by atoms with E-state index in [1.54, 1.807) is 32.4 Å². The molecular weight excluding hydrogens is 300 g/mol. The van der Waals surface area contributed by atoms with Crippen molar-refractivity contribution in [2.75, 3.05) is 14.2 Å². The van der Waals surface area contributed by atoms with Crippen molar-refractivity contribution in [3.05, 3.63) is 63.4 Å². The Hall–Kier alpha value is -1.29. The Balaban J connectivity index is 2.57. The first-order valence-electron chi connectivity index (χ1n) is 6.02. The first kappa shape index (κ1) is 15.1. The molecule has 0 aliphatic rings. The molecule has 0 bridgehead atoms. The summed E-state index contributed by atoms with van der Waals surface area (Å²) in [5, 5.41) is 4.17. The van der Waals surface area contributed by atoms with E-state index >= 15 is 0 Å². The quantitative estimate of drug-likeness (QED) is 0.900. The Labute approximate surface area is 127 Å². The second kappa shape index (κ2) is 6.44. The highest BCUT2D eigenvalue weighted by Crippen LogP contribution is 2.35. The van der Waals surface area contributed by atoms with Gasteiger partial charge in [-0.05, 0) is 49.0 Å². The lowest BCUT2D eigenvalue weighted by atomic mass is 9.97. The fourth-order valence-corrected chi connectivity index (χ4v) is 2.55. The second-order valence-electron chi connectivity index (χ2n) is 4.27. The highest BCUT2D eigenvalue weighted by atomic mass is 35.5. The van der Waals surface area contributed by atoms with Crippen LogP contribution in [0, 0.1) is 5.82 Å². The number of halogens is 3. The topological polar surface area (TPSA) is 21.3 Å². The molecule has 0 spiro atoms. The Morgan fingerprint density at radius 3 is 2.50 bits per heavy atom. The summed E-state index contributed by atoms with van der Waals surface area (Å²) >= 11 is 12.2. The van der Waals surface area contributed by atoms with Gasteiger partial charge in [0.15, 0.2) is 0 Å². The van der Waals surface area contributed by atoms with E-state index in [1.807, 2.05) is 0 Å². The van der Waals surface area contributed by atoms with Crippen LogP contribution in [0.3, 0.4) is 0 Å². The third kappa shape index (κ3) is 3.06. The van der Waals surface area contributed by atoms with E-state index in [2.05, 4.69) is 5.32 Å². The molecule has 0 heterocycles. The molecule has 0 aromatic heterocycles. The molecule has 0 saturated heterocycles. The first-order chi connectivity index (χ1) is 9.56. The number of hydrogen-bond donors (Lipinski definition) is 1. The summed E-state index contributed by atoms with van der Waals surface area (Å²) in [6, 6.07) is 9.25. The van der Waals surface area contributed by atoms with E-state index in [1.165, 1.54) is 18.2 Å². The minimum Gasteiger partial charge on any atom is -0.496 e. The largest absolute Gasteiger partial charge is 0.496 e. The molecule has 20 heavy (non-hydrogen) atoms. The summed E-state index contributed by atoms with van der Waals surface area (Å²) < 4.78 is 18.8.